The zero-order valence-electron chi connectivity index (χ0n) is 13.1. The molecular weight excluding hydrogens is 286 g/mol. The van der Waals surface area contributed by atoms with Crippen molar-refractivity contribution in [2.75, 3.05) is 33.9 Å². The van der Waals surface area contributed by atoms with Crippen LogP contribution >= 0.6 is 0 Å². The number of amides is 1. The van der Waals surface area contributed by atoms with Crippen LogP contribution in [-0.2, 0) is 20.7 Å². The molecule has 0 bridgehead atoms. The summed E-state index contributed by atoms with van der Waals surface area (Å²) in [6.45, 7) is 0.340. The second-order valence-corrected chi connectivity index (χ2v) is 4.90. The van der Waals surface area contributed by atoms with Crippen LogP contribution < -0.4 is 4.74 Å². The summed E-state index contributed by atoms with van der Waals surface area (Å²) in [5.41, 5.74) is 1.12. The summed E-state index contributed by atoms with van der Waals surface area (Å²) in [4.78, 5) is 24.2. The molecule has 1 aromatic carbocycles. The number of carbonyl (C=O) groups excluding carboxylic acids is 1. The standard InChI is InChI=1S/C16H23NO5/c1-21-11-10-17(12-16(19)20)15(18)5-3-4-13-6-8-14(22-2)9-7-13/h6-9H,3-5,10-12H2,1-2H3,(H,19,20). The van der Waals surface area contributed by atoms with Gasteiger partial charge in [-0.25, -0.2) is 0 Å². The van der Waals surface area contributed by atoms with Gasteiger partial charge in [-0.1, -0.05) is 12.1 Å². The predicted octanol–water partition coefficient (Wildman–Crippen LogP) is 1.58. The number of hydrogen-bond donors (Lipinski definition) is 1. The zero-order valence-corrected chi connectivity index (χ0v) is 13.1. The molecule has 0 saturated heterocycles. The number of nitrogens with zero attached hydrogens (tertiary/aromatic N) is 1. The highest BCUT2D eigenvalue weighted by molar-refractivity contribution is 5.81. The van der Waals surface area contributed by atoms with E-state index in [9.17, 15) is 9.59 Å². The van der Waals surface area contributed by atoms with Crippen molar-refractivity contribution >= 4 is 11.9 Å². The van der Waals surface area contributed by atoms with Crippen molar-refractivity contribution in [1.29, 1.82) is 0 Å². The fourth-order valence-corrected chi connectivity index (χ4v) is 2.05. The number of methoxy groups -OCH3 is 2. The molecule has 0 atom stereocenters. The topological polar surface area (TPSA) is 76.1 Å². The van der Waals surface area contributed by atoms with Gasteiger partial charge in [0.05, 0.1) is 13.7 Å². The molecule has 0 spiro atoms. The van der Waals surface area contributed by atoms with Gasteiger partial charge in [-0.05, 0) is 30.5 Å². The summed E-state index contributed by atoms with van der Waals surface area (Å²) in [6, 6.07) is 7.69. The third-order valence-corrected chi connectivity index (χ3v) is 3.26. The van der Waals surface area contributed by atoms with Crippen LogP contribution in [0.4, 0.5) is 0 Å². The van der Waals surface area contributed by atoms with E-state index < -0.39 is 5.97 Å². The molecule has 0 unspecified atom stereocenters. The van der Waals surface area contributed by atoms with Crippen LogP contribution in [0, 0.1) is 0 Å². The summed E-state index contributed by atoms with van der Waals surface area (Å²) in [5, 5.41) is 8.84. The highest BCUT2D eigenvalue weighted by Crippen LogP contribution is 2.13. The zero-order chi connectivity index (χ0) is 16.4. The van der Waals surface area contributed by atoms with E-state index in [0.717, 1.165) is 17.7 Å². The summed E-state index contributed by atoms with van der Waals surface area (Å²) in [5.74, 6) is -0.375. The smallest absolute Gasteiger partial charge is 0.323 e. The third kappa shape index (κ3) is 6.58. The molecule has 0 fully saturated rings. The molecule has 1 rings (SSSR count). The summed E-state index contributed by atoms with van der Waals surface area (Å²) in [6.07, 6.45) is 1.76. The van der Waals surface area contributed by atoms with Gasteiger partial charge in [-0.15, -0.1) is 0 Å². The number of ether oxygens (including phenoxy) is 2. The van der Waals surface area contributed by atoms with E-state index in [1.807, 2.05) is 24.3 Å². The quantitative estimate of drug-likeness (QED) is 0.710. The number of aliphatic carboxylic acids is 1. The lowest BCUT2D eigenvalue weighted by Crippen LogP contribution is -2.37. The fraction of sp³-hybridized carbons (Fsp3) is 0.500. The Balaban J connectivity index is 2.42. The van der Waals surface area contributed by atoms with Crippen molar-refractivity contribution in [3.8, 4) is 5.75 Å². The maximum absolute atomic E-state index is 12.1. The van der Waals surface area contributed by atoms with Gasteiger partial charge in [-0.2, -0.15) is 0 Å². The van der Waals surface area contributed by atoms with Crippen molar-refractivity contribution in [1.82, 2.24) is 4.90 Å². The van der Waals surface area contributed by atoms with E-state index in [0.29, 0.717) is 26.0 Å². The number of rotatable bonds is 10. The Morgan fingerprint density at radius 2 is 1.86 bits per heavy atom. The highest BCUT2D eigenvalue weighted by Gasteiger charge is 2.15. The van der Waals surface area contributed by atoms with E-state index >= 15 is 0 Å². The van der Waals surface area contributed by atoms with E-state index in [1.165, 1.54) is 12.0 Å². The molecule has 0 aromatic heterocycles. The summed E-state index contributed by atoms with van der Waals surface area (Å²) >= 11 is 0. The third-order valence-electron chi connectivity index (χ3n) is 3.26. The molecule has 6 nitrogen and oxygen atoms in total. The summed E-state index contributed by atoms with van der Waals surface area (Å²) < 4.78 is 9.99. The Kier molecular flexibility index (Phi) is 7.99. The molecule has 122 valence electrons. The van der Waals surface area contributed by atoms with Crippen molar-refractivity contribution in [2.24, 2.45) is 0 Å². The van der Waals surface area contributed by atoms with E-state index in [2.05, 4.69) is 0 Å². The van der Waals surface area contributed by atoms with Crippen molar-refractivity contribution in [3.63, 3.8) is 0 Å². The SMILES string of the molecule is COCCN(CC(=O)O)C(=O)CCCc1ccc(OC)cc1. The minimum atomic E-state index is -1.01. The van der Waals surface area contributed by atoms with Gasteiger partial charge in [0.2, 0.25) is 5.91 Å². The molecule has 1 aromatic rings. The maximum atomic E-state index is 12.1. The average molecular weight is 309 g/mol. The second kappa shape index (κ2) is 9.78. The predicted molar refractivity (Wildman–Crippen MR) is 82.0 cm³/mol. The molecule has 0 aliphatic carbocycles. The molecule has 0 heterocycles. The minimum Gasteiger partial charge on any atom is -0.497 e. The highest BCUT2D eigenvalue weighted by atomic mass is 16.5. The number of carboxylic acids is 1. The van der Waals surface area contributed by atoms with Gasteiger partial charge in [0, 0.05) is 20.1 Å². The Morgan fingerprint density at radius 1 is 1.18 bits per heavy atom. The Bertz CT molecular complexity index is 472. The maximum Gasteiger partial charge on any atom is 0.323 e. The molecule has 6 heteroatoms. The van der Waals surface area contributed by atoms with Gasteiger partial charge < -0.3 is 19.5 Å². The molecule has 1 amide bonds. The van der Waals surface area contributed by atoms with Crippen LogP contribution in [0.2, 0.25) is 0 Å². The van der Waals surface area contributed by atoms with Crippen molar-refractivity contribution in [3.05, 3.63) is 29.8 Å². The van der Waals surface area contributed by atoms with Crippen molar-refractivity contribution < 1.29 is 24.2 Å². The molecular formula is C16H23NO5. The van der Waals surface area contributed by atoms with Gasteiger partial charge >= 0.3 is 5.97 Å². The normalized spacial score (nSPS) is 10.3. The lowest BCUT2D eigenvalue weighted by atomic mass is 10.1. The lowest BCUT2D eigenvalue weighted by Gasteiger charge is -2.20. The van der Waals surface area contributed by atoms with Crippen molar-refractivity contribution in [2.45, 2.75) is 19.3 Å². The number of hydrogen-bond acceptors (Lipinski definition) is 4. The Labute approximate surface area is 130 Å². The first-order valence-electron chi connectivity index (χ1n) is 7.18. The first-order chi connectivity index (χ1) is 10.6. The summed E-state index contributed by atoms with van der Waals surface area (Å²) in [7, 11) is 3.14. The Hall–Kier alpha value is -2.08. The van der Waals surface area contributed by atoms with E-state index in [-0.39, 0.29) is 12.5 Å². The fourth-order valence-electron chi connectivity index (χ4n) is 2.05. The Morgan fingerprint density at radius 3 is 2.41 bits per heavy atom. The molecule has 22 heavy (non-hydrogen) atoms. The molecule has 0 radical (unpaired) electrons. The number of benzene rings is 1. The van der Waals surface area contributed by atoms with Crippen LogP contribution in [-0.4, -0.2) is 55.8 Å². The first kappa shape index (κ1) is 18.0. The number of carboxylic acid groups (broad SMARTS) is 1. The monoisotopic (exact) mass is 309 g/mol. The van der Waals surface area contributed by atoms with Crippen LogP contribution in [0.1, 0.15) is 18.4 Å². The lowest BCUT2D eigenvalue weighted by molar-refractivity contribution is -0.144. The van der Waals surface area contributed by atoms with Gasteiger partial charge in [0.15, 0.2) is 0 Å². The first-order valence-corrected chi connectivity index (χ1v) is 7.18. The second-order valence-electron chi connectivity index (χ2n) is 4.90. The van der Waals surface area contributed by atoms with Crippen LogP contribution in [0.25, 0.3) is 0 Å². The largest absolute Gasteiger partial charge is 0.497 e. The molecule has 0 aliphatic rings. The van der Waals surface area contributed by atoms with E-state index in [1.54, 1.807) is 7.11 Å². The van der Waals surface area contributed by atoms with Crippen LogP contribution in [0.5, 0.6) is 5.75 Å². The van der Waals surface area contributed by atoms with E-state index in [4.69, 9.17) is 14.6 Å². The minimum absolute atomic E-state index is 0.159. The van der Waals surface area contributed by atoms with Gasteiger partial charge in [0.1, 0.15) is 12.3 Å². The number of carbonyl (C=O) groups is 2. The molecule has 1 N–H and O–H groups in total. The van der Waals surface area contributed by atoms with Crippen LogP contribution in [0.3, 0.4) is 0 Å². The molecule has 0 aliphatic heterocycles. The van der Waals surface area contributed by atoms with Crippen LogP contribution in [0.15, 0.2) is 24.3 Å². The molecule has 0 saturated carbocycles. The average Bonchev–Trinajstić information content (AvgIpc) is 2.51. The van der Waals surface area contributed by atoms with Gasteiger partial charge in [0.25, 0.3) is 0 Å². The number of aryl methyl sites for hydroxylation is 1. The van der Waals surface area contributed by atoms with Gasteiger partial charge in [-0.3, -0.25) is 9.59 Å².